The highest BCUT2D eigenvalue weighted by Crippen LogP contribution is 2.31. The average molecular weight is 243 g/mol. The Bertz CT molecular complexity index is 615. The van der Waals surface area contributed by atoms with Crippen LogP contribution in [0.2, 0.25) is 0 Å². The topological polar surface area (TPSA) is 46.9 Å². The van der Waals surface area contributed by atoms with Crippen LogP contribution in [-0.2, 0) is 11.8 Å². The molecule has 0 bridgehead atoms. The molecule has 0 saturated carbocycles. The van der Waals surface area contributed by atoms with Crippen molar-refractivity contribution in [3.8, 4) is 0 Å². The predicted molar refractivity (Wildman–Crippen MR) is 70.7 cm³/mol. The highest BCUT2D eigenvalue weighted by molar-refractivity contribution is 5.93. The van der Waals surface area contributed by atoms with Crippen molar-refractivity contribution >= 4 is 16.8 Å². The van der Waals surface area contributed by atoms with Crippen molar-refractivity contribution in [3.63, 3.8) is 0 Å². The highest BCUT2D eigenvalue weighted by atomic mass is 16.1. The number of rotatable bonds is 1. The number of carbonyl (C=O) groups is 1. The van der Waals surface area contributed by atoms with E-state index in [0.717, 1.165) is 35.4 Å². The van der Waals surface area contributed by atoms with Gasteiger partial charge in [0.25, 0.3) is 0 Å². The first-order valence-electron chi connectivity index (χ1n) is 6.33. The fraction of sp³-hybridized carbons (Fsp3) is 0.429. The van der Waals surface area contributed by atoms with Gasteiger partial charge >= 0.3 is 0 Å². The molecule has 0 aliphatic carbocycles. The summed E-state index contributed by atoms with van der Waals surface area (Å²) in [6.07, 6.45) is 2.42. The minimum Gasteiger partial charge on any atom is -0.333 e. The number of nitrogens with one attached hydrogen (secondary N) is 1. The van der Waals surface area contributed by atoms with Crippen molar-refractivity contribution in [3.05, 3.63) is 29.6 Å². The summed E-state index contributed by atoms with van der Waals surface area (Å²) in [5, 5.41) is 4.43. The number of hydrogen-bond donors (Lipinski definition) is 1. The van der Waals surface area contributed by atoms with E-state index in [2.05, 4.69) is 27.9 Å². The summed E-state index contributed by atoms with van der Waals surface area (Å²) in [4.78, 5) is 16.5. The summed E-state index contributed by atoms with van der Waals surface area (Å²) in [6.45, 7) is 3.62. The molecule has 4 nitrogen and oxygen atoms in total. The van der Waals surface area contributed by atoms with Crippen molar-refractivity contribution in [2.45, 2.75) is 19.3 Å². The first-order valence-corrected chi connectivity index (χ1v) is 6.33. The van der Waals surface area contributed by atoms with E-state index in [9.17, 15) is 4.79 Å². The SMILES string of the molecule is Cc1c(C2CNCCC2=O)c2cccnc2n1C. The maximum absolute atomic E-state index is 12.1. The second kappa shape index (κ2) is 4.21. The molecule has 2 aromatic heterocycles. The molecule has 94 valence electrons. The van der Waals surface area contributed by atoms with Gasteiger partial charge in [0.15, 0.2) is 0 Å². The summed E-state index contributed by atoms with van der Waals surface area (Å²) >= 11 is 0. The molecule has 0 radical (unpaired) electrons. The standard InChI is InChI=1S/C14H17N3O/c1-9-13(11-8-15-7-5-12(11)18)10-4-3-6-16-14(10)17(9)2/h3-4,6,11,15H,5,7-8H2,1-2H3. The summed E-state index contributed by atoms with van der Waals surface area (Å²) < 4.78 is 2.08. The normalized spacial score (nSPS) is 20.6. The van der Waals surface area contributed by atoms with Crippen LogP contribution in [0.15, 0.2) is 18.3 Å². The van der Waals surface area contributed by atoms with Crippen molar-refractivity contribution in [1.29, 1.82) is 0 Å². The first kappa shape index (κ1) is 11.4. The summed E-state index contributed by atoms with van der Waals surface area (Å²) in [6, 6.07) is 4.00. The molecule has 1 aliphatic rings. The molecule has 0 spiro atoms. The lowest BCUT2D eigenvalue weighted by Gasteiger charge is -2.22. The zero-order valence-electron chi connectivity index (χ0n) is 10.7. The minimum absolute atomic E-state index is 0.0216. The lowest BCUT2D eigenvalue weighted by atomic mass is 9.89. The maximum Gasteiger partial charge on any atom is 0.142 e. The predicted octanol–water partition coefficient (Wildman–Crippen LogP) is 1.53. The number of fused-ring (bicyclic) bond motifs is 1. The van der Waals surface area contributed by atoms with Gasteiger partial charge in [0.2, 0.25) is 0 Å². The van der Waals surface area contributed by atoms with Gasteiger partial charge in [0, 0.05) is 43.8 Å². The van der Waals surface area contributed by atoms with Crippen molar-refractivity contribution < 1.29 is 4.79 Å². The molecule has 1 aliphatic heterocycles. The van der Waals surface area contributed by atoms with E-state index in [1.165, 1.54) is 0 Å². The van der Waals surface area contributed by atoms with Crippen LogP contribution in [0.5, 0.6) is 0 Å². The number of hydrogen-bond acceptors (Lipinski definition) is 3. The maximum atomic E-state index is 12.1. The van der Waals surface area contributed by atoms with Gasteiger partial charge in [-0.15, -0.1) is 0 Å². The van der Waals surface area contributed by atoms with Gasteiger partial charge in [0.05, 0.1) is 5.92 Å². The highest BCUT2D eigenvalue weighted by Gasteiger charge is 2.28. The van der Waals surface area contributed by atoms with E-state index < -0.39 is 0 Å². The second-order valence-electron chi connectivity index (χ2n) is 4.91. The molecule has 0 aromatic carbocycles. The fourth-order valence-corrected chi connectivity index (χ4v) is 2.86. The minimum atomic E-state index is -0.0216. The third-order valence-corrected chi connectivity index (χ3v) is 3.92. The van der Waals surface area contributed by atoms with Crippen molar-refractivity contribution in [2.24, 2.45) is 7.05 Å². The largest absolute Gasteiger partial charge is 0.333 e. The number of nitrogens with zero attached hydrogens (tertiary/aromatic N) is 2. The number of Topliss-reactive ketones (excluding diaryl/α,β-unsaturated/α-hetero) is 1. The Hall–Kier alpha value is -1.68. The molecule has 3 rings (SSSR count). The number of ketones is 1. The van der Waals surface area contributed by atoms with Gasteiger partial charge in [-0.3, -0.25) is 4.79 Å². The molecule has 3 heterocycles. The summed E-state index contributed by atoms with van der Waals surface area (Å²) in [5.74, 6) is 0.319. The van der Waals surface area contributed by atoms with E-state index in [1.807, 2.05) is 13.1 Å². The Balaban J connectivity index is 2.22. The molecular weight excluding hydrogens is 226 g/mol. The number of pyridine rings is 1. The summed E-state index contributed by atoms with van der Waals surface area (Å²) in [7, 11) is 2.01. The van der Waals surface area contributed by atoms with Crippen molar-refractivity contribution in [1.82, 2.24) is 14.9 Å². The molecule has 1 unspecified atom stereocenters. The Morgan fingerprint density at radius 3 is 3.11 bits per heavy atom. The smallest absolute Gasteiger partial charge is 0.142 e. The van der Waals surface area contributed by atoms with Gasteiger partial charge in [-0.1, -0.05) is 0 Å². The molecule has 4 heteroatoms. The summed E-state index contributed by atoms with van der Waals surface area (Å²) in [5.41, 5.74) is 3.26. The Morgan fingerprint density at radius 2 is 2.33 bits per heavy atom. The van der Waals surface area contributed by atoms with Crippen LogP contribution in [-0.4, -0.2) is 28.4 Å². The average Bonchev–Trinajstić information content (AvgIpc) is 2.64. The van der Waals surface area contributed by atoms with Gasteiger partial charge in [0.1, 0.15) is 11.4 Å². The Kier molecular flexibility index (Phi) is 2.67. The van der Waals surface area contributed by atoms with Gasteiger partial charge in [-0.2, -0.15) is 0 Å². The van der Waals surface area contributed by atoms with E-state index in [-0.39, 0.29) is 5.92 Å². The fourth-order valence-electron chi connectivity index (χ4n) is 2.86. The molecule has 1 atom stereocenters. The van der Waals surface area contributed by atoms with Gasteiger partial charge < -0.3 is 9.88 Å². The van der Waals surface area contributed by atoms with Crippen LogP contribution < -0.4 is 5.32 Å². The molecule has 18 heavy (non-hydrogen) atoms. The van der Waals surface area contributed by atoms with Crippen LogP contribution >= 0.6 is 0 Å². The quantitative estimate of drug-likeness (QED) is 0.826. The zero-order valence-corrected chi connectivity index (χ0v) is 10.7. The first-order chi connectivity index (χ1) is 8.70. The number of aromatic nitrogens is 2. The van der Waals surface area contributed by atoms with Crippen LogP contribution in [0.1, 0.15) is 23.6 Å². The van der Waals surface area contributed by atoms with Crippen LogP contribution in [0.25, 0.3) is 11.0 Å². The van der Waals surface area contributed by atoms with E-state index in [0.29, 0.717) is 12.2 Å². The molecule has 2 aromatic rings. The molecule has 1 saturated heterocycles. The third kappa shape index (κ3) is 1.56. The molecular formula is C14H17N3O. The second-order valence-corrected chi connectivity index (χ2v) is 4.91. The van der Waals surface area contributed by atoms with E-state index in [4.69, 9.17) is 0 Å². The zero-order chi connectivity index (χ0) is 12.7. The van der Waals surface area contributed by atoms with E-state index >= 15 is 0 Å². The van der Waals surface area contributed by atoms with Gasteiger partial charge in [-0.25, -0.2) is 4.98 Å². The van der Waals surface area contributed by atoms with Crippen LogP contribution in [0.3, 0.4) is 0 Å². The molecule has 0 amide bonds. The monoisotopic (exact) mass is 243 g/mol. The third-order valence-electron chi connectivity index (χ3n) is 3.92. The van der Waals surface area contributed by atoms with Crippen molar-refractivity contribution in [2.75, 3.05) is 13.1 Å². The number of aryl methyl sites for hydroxylation is 1. The molecule has 1 N–H and O–H groups in total. The Labute approximate surface area is 106 Å². The number of carbonyl (C=O) groups excluding carboxylic acids is 1. The van der Waals surface area contributed by atoms with Gasteiger partial charge in [-0.05, 0) is 24.6 Å². The molecule has 1 fully saturated rings. The van der Waals surface area contributed by atoms with Crippen LogP contribution in [0.4, 0.5) is 0 Å². The Morgan fingerprint density at radius 1 is 1.50 bits per heavy atom. The lowest BCUT2D eigenvalue weighted by Crippen LogP contribution is -2.35. The number of piperidine rings is 1. The van der Waals surface area contributed by atoms with Crippen LogP contribution in [0, 0.1) is 6.92 Å². The van der Waals surface area contributed by atoms with E-state index in [1.54, 1.807) is 6.20 Å². The lowest BCUT2D eigenvalue weighted by molar-refractivity contribution is -0.121.